The largest absolute Gasteiger partial charge is 0.361 e. The van der Waals surface area contributed by atoms with E-state index in [4.69, 9.17) is 11.6 Å². The van der Waals surface area contributed by atoms with Crippen LogP contribution in [0.2, 0.25) is 5.02 Å². The number of H-pyrrole nitrogens is 1. The van der Waals surface area contributed by atoms with Crippen LogP contribution >= 0.6 is 11.6 Å². The van der Waals surface area contributed by atoms with E-state index in [1.54, 1.807) is 0 Å². The summed E-state index contributed by atoms with van der Waals surface area (Å²) in [5, 5.41) is 5.57. The van der Waals surface area contributed by atoms with E-state index < -0.39 is 0 Å². The van der Waals surface area contributed by atoms with E-state index in [1.807, 2.05) is 12.1 Å². The van der Waals surface area contributed by atoms with E-state index >= 15 is 0 Å². The maximum Gasteiger partial charge on any atom is 0.0472 e. The summed E-state index contributed by atoms with van der Waals surface area (Å²) in [5.41, 5.74) is 4.96. The minimum atomic E-state index is 0.321. The highest BCUT2D eigenvalue weighted by atomic mass is 35.5. The van der Waals surface area contributed by atoms with Crippen molar-refractivity contribution in [3.05, 3.63) is 70.4 Å². The Labute approximate surface area is 130 Å². The molecular weight excluding hydrogens is 280 g/mol. The normalized spacial score (nSPS) is 12.7. The number of hydrogen-bond donors (Lipinski definition) is 2. The quantitative estimate of drug-likeness (QED) is 0.698. The van der Waals surface area contributed by atoms with Crippen LogP contribution in [-0.4, -0.2) is 4.98 Å². The standard InChI is InChI=1S/C18H19ClN2/c1-12-4-3-5-14(8-12)13(2)20-10-15-11-21-18-9-16(19)6-7-17(15)18/h3-9,11,13,20-21H,10H2,1-2H3/t13-/m1/s1. The fraction of sp³-hybridized carbons (Fsp3) is 0.222. The Bertz CT molecular complexity index is 761. The highest BCUT2D eigenvalue weighted by Gasteiger charge is 2.08. The van der Waals surface area contributed by atoms with Gasteiger partial charge in [-0.2, -0.15) is 0 Å². The van der Waals surface area contributed by atoms with Gasteiger partial charge in [0.2, 0.25) is 0 Å². The van der Waals surface area contributed by atoms with Gasteiger partial charge in [-0.05, 0) is 37.1 Å². The molecule has 1 heterocycles. The molecule has 21 heavy (non-hydrogen) atoms. The van der Waals surface area contributed by atoms with Gasteiger partial charge in [-0.15, -0.1) is 0 Å². The van der Waals surface area contributed by atoms with Gasteiger partial charge in [0, 0.05) is 34.7 Å². The summed E-state index contributed by atoms with van der Waals surface area (Å²) in [6.45, 7) is 5.15. The molecule has 0 saturated heterocycles. The van der Waals surface area contributed by atoms with Gasteiger partial charge in [-0.1, -0.05) is 47.5 Å². The molecule has 1 atom stereocenters. The van der Waals surface area contributed by atoms with E-state index in [2.05, 4.69) is 60.7 Å². The number of rotatable bonds is 4. The first-order valence-corrected chi connectivity index (χ1v) is 7.57. The van der Waals surface area contributed by atoms with Crippen molar-refractivity contribution < 1.29 is 0 Å². The molecule has 0 saturated carbocycles. The highest BCUT2D eigenvalue weighted by Crippen LogP contribution is 2.23. The second-order valence-corrected chi connectivity index (χ2v) is 5.96. The highest BCUT2D eigenvalue weighted by molar-refractivity contribution is 6.31. The summed E-state index contributed by atoms with van der Waals surface area (Å²) in [7, 11) is 0. The van der Waals surface area contributed by atoms with Crippen molar-refractivity contribution in [2.24, 2.45) is 0 Å². The van der Waals surface area contributed by atoms with Gasteiger partial charge in [-0.3, -0.25) is 0 Å². The SMILES string of the molecule is Cc1cccc([C@@H](C)NCc2c[nH]c3cc(Cl)ccc23)c1. The van der Waals surface area contributed by atoms with Crippen LogP contribution in [0, 0.1) is 6.92 Å². The lowest BCUT2D eigenvalue weighted by atomic mass is 10.1. The third-order valence-corrected chi connectivity index (χ3v) is 4.11. The molecule has 0 aliphatic heterocycles. The molecule has 3 aromatic rings. The predicted molar refractivity (Wildman–Crippen MR) is 89.7 cm³/mol. The van der Waals surface area contributed by atoms with Crippen LogP contribution < -0.4 is 5.32 Å². The van der Waals surface area contributed by atoms with Gasteiger partial charge in [0.15, 0.2) is 0 Å². The summed E-state index contributed by atoms with van der Waals surface area (Å²) in [4.78, 5) is 3.28. The monoisotopic (exact) mass is 298 g/mol. The summed E-state index contributed by atoms with van der Waals surface area (Å²) in [5.74, 6) is 0. The molecule has 0 aliphatic carbocycles. The first-order chi connectivity index (χ1) is 10.1. The molecule has 0 unspecified atom stereocenters. The lowest BCUT2D eigenvalue weighted by Crippen LogP contribution is -2.17. The van der Waals surface area contributed by atoms with Crippen molar-refractivity contribution in [2.75, 3.05) is 0 Å². The number of aromatic amines is 1. The third-order valence-electron chi connectivity index (χ3n) is 3.87. The first-order valence-electron chi connectivity index (χ1n) is 7.19. The zero-order valence-electron chi connectivity index (χ0n) is 12.3. The summed E-state index contributed by atoms with van der Waals surface area (Å²) < 4.78 is 0. The fourth-order valence-corrected chi connectivity index (χ4v) is 2.80. The van der Waals surface area contributed by atoms with Crippen LogP contribution in [0.4, 0.5) is 0 Å². The molecule has 2 nitrogen and oxygen atoms in total. The molecule has 0 radical (unpaired) electrons. The lowest BCUT2D eigenvalue weighted by molar-refractivity contribution is 0.576. The van der Waals surface area contributed by atoms with Gasteiger partial charge >= 0.3 is 0 Å². The average Bonchev–Trinajstić information content (AvgIpc) is 2.87. The van der Waals surface area contributed by atoms with E-state index in [0.29, 0.717) is 6.04 Å². The molecule has 0 bridgehead atoms. The average molecular weight is 299 g/mol. The number of fused-ring (bicyclic) bond motifs is 1. The Morgan fingerprint density at radius 1 is 1.19 bits per heavy atom. The van der Waals surface area contributed by atoms with Crippen molar-refractivity contribution >= 4 is 22.5 Å². The fourth-order valence-electron chi connectivity index (χ4n) is 2.63. The van der Waals surface area contributed by atoms with E-state index in [9.17, 15) is 0 Å². The summed E-state index contributed by atoms with van der Waals surface area (Å²) in [6.07, 6.45) is 2.05. The van der Waals surface area contributed by atoms with Gasteiger partial charge in [0.1, 0.15) is 0 Å². The van der Waals surface area contributed by atoms with Crippen LogP contribution in [-0.2, 0) is 6.54 Å². The molecule has 3 rings (SSSR count). The molecular formula is C18H19ClN2. The van der Waals surface area contributed by atoms with Crippen LogP contribution in [0.5, 0.6) is 0 Å². The molecule has 2 N–H and O–H groups in total. The van der Waals surface area contributed by atoms with E-state index in [-0.39, 0.29) is 0 Å². The lowest BCUT2D eigenvalue weighted by Gasteiger charge is -2.14. The number of benzene rings is 2. The number of aromatic nitrogens is 1. The topological polar surface area (TPSA) is 27.8 Å². The molecule has 3 heteroatoms. The van der Waals surface area contributed by atoms with Crippen molar-refractivity contribution in [1.82, 2.24) is 10.3 Å². The Morgan fingerprint density at radius 2 is 2.05 bits per heavy atom. The molecule has 0 aliphatic rings. The third kappa shape index (κ3) is 3.12. The van der Waals surface area contributed by atoms with Crippen LogP contribution in [0.1, 0.15) is 29.7 Å². The molecule has 108 valence electrons. The molecule has 0 spiro atoms. The van der Waals surface area contributed by atoms with Crippen LogP contribution in [0.3, 0.4) is 0 Å². The van der Waals surface area contributed by atoms with Gasteiger partial charge < -0.3 is 10.3 Å². The van der Waals surface area contributed by atoms with Crippen molar-refractivity contribution in [2.45, 2.75) is 26.4 Å². The number of halogens is 1. The van der Waals surface area contributed by atoms with Crippen molar-refractivity contribution in [3.8, 4) is 0 Å². The minimum Gasteiger partial charge on any atom is -0.361 e. The molecule has 0 fully saturated rings. The smallest absolute Gasteiger partial charge is 0.0472 e. The molecule has 2 aromatic carbocycles. The Balaban J connectivity index is 1.74. The molecule has 1 aromatic heterocycles. The van der Waals surface area contributed by atoms with Gasteiger partial charge in [-0.25, -0.2) is 0 Å². The number of aryl methyl sites for hydroxylation is 1. The number of nitrogens with one attached hydrogen (secondary N) is 2. The minimum absolute atomic E-state index is 0.321. The predicted octanol–water partition coefficient (Wildman–Crippen LogP) is 4.98. The van der Waals surface area contributed by atoms with Crippen molar-refractivity contribution in [1.29, 1.82) is 0 Å². The van der Waals surface area contributed by atoms with E-state index in [0.717, 1.165) is 17.1 Å². The van der Waals surface area contributed by atoms with Crippen molar-refractivity contribution in [3.63, 3.8) is 0 Å². The van der Waals surface area contributed by atoms with Gasteiger partial charge in [0.05, 0.1) is 0 Å². The first kappa shape index (κ1) is 14.2. The molecule has 0 amide bonds. The number of hydrogen-bond acceptors (Lipinski definition) is 1. The Hall–Kier alpha value is -1.77. The Kier molecular flexibility index (Phi) is 4.00. The maximum atomic E-state index is 6.01. The maximum absolute atomic E-state index is 6.01. The summed E-state index contributed by atoms with van der Waals surface area (Å²) in [6, 6.07) is 14.9. The van der Waals surface area contributed by atoms with Crippen LogP contribution in [0.15, 0.2) is 48.7 Å². The Morgan fingerprint density at radius 3 is 2.86 bits per heavy atom. The second kappa shape index (κ2) is 5.92. The van der Waals surface area contributed by atoms with Gasteiger partial charge in [0.25, 0.3) is 0 Å². The van der Waals surface area contributed by atoms with E-state index in [1.165, 1.54) is 22.1 Å². The second-order valence-electron chi connectivity index (χ2n) is 5.52. The van der Waals surface area contributed by atoms with Crippen LogP contribution in [0.25, 0.3) is 10.9 Å². The summed E-state index contributed by atoms with van der Waals surface area (Å²) >= 11 is 6.01. The zero-order valence-corrected chi connectivity index (χ0v) is 13.0. The zero-order chi connectivity index (χ0) is 14.8.